The summed E-state index contributed by atoms with van der Waals surface area (Å²) in [6.45, 7) is 38.0. The average Bonchev–Trinajstić information content (AvgIpc) is 1.53. The van der Waals surface area contributed by atoms with E-state index in [9.17, 15) is 117 Å². The zero-order chi connectivity index (χ0) is 113. The van der Waals surface area contributed by atoms with Crippen molar-refractivity contribution in [1.29, 1.82) is 0 Å². The lowest BCUT2D eigenvalue weighted by molar-refractivity contribution is -0.212. The van der Waals surface area contributed by atoms with Crippen LogP contribution in [0.2, 0.25) is 0 Å². The number of aliphatic hydroxyl groups is 7. The number of ether oxygens (including phenoxy) is 16. The molecule has 12 N–H and O–H groups in total. The fourth-order valence-corrected chi connectivity index (χ4v) is 20.3. The van der Waals surface area contributed by atoms with Crippen molar-refractivity contribution in [3.63, 3.8) is 0 Å². The number of allylic oxidation sites excluding steroid dienone is 3. The molecule has 6 aliphatic carbocycles. The van der Waals surface area contributed by atoms with Crippen LogP contribution in [0.1, 0.15) is 315 Å². The SMILES string of the molecule is C/C=C(/C)C(=O)O[C@H]1C(C)=C2[C@H]([C@@H]1OC(=O)CCCCCCC)[C@@](C)(OC(C)=O)C[C@H](O)[C@@]1(O)[C@H]2OC(=O)[C@@]1(C)O.C/C=C(/C)C(=O)O[C@H]1C(C)=C2[C@H]([C@@H]1OC(=O)CCCCCCC)[C@@](C)(OC(C)=O)C[C@H](OC(=O)CNC(=O)OC(C)(C)C)[C@@]1(O)[C@H]2OC(=O)[C@@]1(C)O.C/C=C(/C)C(=O)O[C@H]1C=C2[C@H]([C@@H]1OC(=O)CCCCCCC)[C@@](C)(OC(C)=O)C[C@H](OC(=O)CN)[C@@]1(O)[C@H]2OC(=O)[C@@]1(C)O.CC(C)(C)OC(=O)NCC(=O)O. The fourth-order valence-electron chi connectivity index (χ4n) is 20.3. The second-order valence-electron chi connectivity index (χ2n) is 42.3. The van der Waals surface area contributed by atoms with Crippen molar-refractivity contribution >= 4 is 102 Å². The van der Waals surface area contributed by atoms with Crippen molar-refractivity contribution < 1.29 is 198 Å². The molecule has 0 aromatic carbocycles. The van der Waals surface area contributed by atoms with Gasteiger partial charge in [-0.05, 0) is 192 Å². The molecule has 3 saturated heterocycles. The van der Waals surface area contributed by atoms with Crippen LogP contribution in [0.4, 0.5) is 9.59 Å². The Balaban J connectivity index is 0.000000324. The number of fused-ring (bicyclic) bond motifs is 9. The Hall–Kier alpha value is -11.3. The number of amides is 2. The van der Waals surface area contributed by atoms with Crippen molar-refractivity contribution in [3.05, 3.63) is 68.9 Å². The number of carbonyl (C=O) groups is 17. The Morgan fingerprint density at radius 2 is 0.732 bits per heavy atom. The highest BCUT2D eigenvalue weighted by Crippen LogP contribution is 2.62. The molecule has 838 valence electrons. The molecule has 0 unspecified atom stereocenters. The van der Waals surface area contributed by atoms with Crippen LogP contribution in [0.25, 0.3) is 0 Å². The van der Waals surface area contributed by atoms with Crippen LogP contribution in [0.3, 0.4) is 0 Å². The Bertz CT molecular complexity index is 5120. The number of nitrogens with one attached hydrogen (secondary N) is 2. The lowest BCUT2D eigenvalue weighted by atomic mass is 9.75. The molecule has 6 fully saturated rings. The van der Waals surface area contributed by atoms with E-state index in [-0.39, 0.29) is 58.3 Å². The summed E-state index contributed by atoms with van der Waals surface area (Å²) in [6, 6.07) is 0. The third kappa shape index (κ3) is 29.4. The van der Waals surface area contributed by atoms with Gasteiger partial charge in [0.25, 0.3) is 0 Å². The standard InChI is InChI=1S/C37H55NO14.C31H45NO12.C30H44O11.C7H13NO4/c1-11-13-14-15-16-17-24(40)48-29-27-26(21(4)28(29)49-31(42)20(3)12-2)30-37(46,36(10,45)32(43)50-30)23(18-35(27,9)51-22(5)39)47-25(41)19-38-33(44)52-34(6,7)8;1-7-9-10-11-12-13-22(34)42-25-20(40-27(36)17(3)8-2)14-19-24(25)29(5,44-18(4)33)15-21(41-23(35)16-32)31(39)26(19)43-28(37)30(31,6)38;1-8-10-11-12-13-14-20(33)38-24-22-21(17(4)23(24)39-26(34)16(3)9-2)25-30(37,29(7,36)27(35)40-25)19(32)15-28(22,6)41-18(5)31;1-7(2,3)12-6(11)8-4-5(9)10/h12,23,27-30,45-46H,11,13-19H2,1-10H3,(H,38,44);8,14,20-21,24-26,38-39H,7,9-13,15-16,32H2,1-6H3;9,19,22-25,32,36-37H,8,10-15H2,1-7H3;4H2,1-3H3,(H,8,11)(H,9,10)/b20-12-;17-8-;16-9-;/t23-,27+,28-,29-,30-,35-,36+,37+;20-,21-,24+,25+,26-,29-,30+,31+;19-,22+,23-,24-,25-,28-,29+,30+;/m000./s1. The number of rotatable bonds is 37. The number of unbranched alkanes of at least 4 members (excludes halogenated alkanes) is 12. The molecule has 0 bridgehead atoms. The van der Waals surface area contributed by atoms with Crippen molar-refractivity contribution in [2.45, 2.75) is 450 Å². The van der Waals surface area contributed by atoms with Gasteiger partial charge in [0.15, 0.2) is 88.5 Å². The summed E-state index contributed by atoms with van der Waals surface area (Å²) in [5.74, 6) is -16.5. The molecule has 0 spiro atoms. The van der Waals surface area contributed by atoms with E-state index in [2.05, 4.69) is 31.4 Å². The Kier molecular flexibility index (Phi) is 43.8. The summed E-state index contributed by atoms with van der Waals surface area (Å²) in [7, 11) is 0. The largest absolute Gasteiger partial charge is 0.480 e. The molecule has 9 aliphatic rings. The summed E-state index contributed by atoms with van der Waals surface area (Å²) in [5, 5.41) is 94.2. The minimum absolute atomic E-state index is 0.0299. The predicted molar refractivity (Wildman–Crippen MR) is 523 cm³/mol. The van der Waals surface area contributed by atoms with E-state index in [4.69, 9.17) is 86.6 Å². The molecule has 44 nitrogen and oxygen atoms in total. The number of carbonyl (C=O) groups excluding carboxylic acids is 16. The van der Waals surface area contributed by atoms with Crippen molar-refractivity contribution in [1.82, 2.24) is 10.6 Å². The first kappa shape index (κ1) is 126. The van der Waals surface area contributed by atoms with Gasteiger partial charge >= 0.3 is 102 Å². The number of aliphatic hydroxyl groups excluding tert-OH is 1. The number of hydrogen-bond donors (Lipinski definition) is 11. The zero-order valence-electron chi connectivity index (χ0n) is 90.6. The number of alkyl carbamates (subject to hydrolysis) is 2. The maximum Gasteiger partial charge on any atom is 0.408 e. The molecule has 9 rings (SSSR count). The molecule has 2 amide bonds. The summed E-state index contributed by atoms with van der Waals surface area (Å²) < 4.78 is 90.8. The third-order valence-electron chi connectivity index (χ3n) is 28.2. The highest BCUT2D eigenvalue weighted by molar-refractivity contribution is 5.91. The Morgan fingerprint density at radius 3 is 1.08 bits per heavy atom. The Labute approximate surface area is 868 Å². The minimum atomic E-state index is -2.73. The summed E-state index contributed by atoms with van der Waals surface area (Å²) in [5.41, 5.74) is -15.3. The molecule has 3 saturated carbocycles. The van der Waals surface area contributed by atoms with Crippen LogP contribution < -0.4 is 16.4 Å². The lowest BCUT2D eigenvalue weighted by Crippen LogP contribution is -2.64. The summed E-state index contributed by atoms with van der Waals surface area (Å²) in [4.78, 5) is 214. The summed E-state index contributed by atoms with van der Waals surface area (Å²) >= 11 is 0. The first-order chi connectivity index (χ1) is 69.0. The second kappa shape index (κ2) is 51.7. The Morgan fingerprint density at radius 1 is 0.416 bits per heavy atom. The van der Waals surface area contributed by atoms with E-state index in [0.717, 1.165) is 112 Å². The molecule has 24 atom stereocenters. The molecule has 3 aliphatic heterocycles. The highest BCUT2D eigenvalue weighted by Gasteiger charge is 2.80. The first-order valence-corrected chi connectivity index (χ1v) is 50.7. The molecule has 0 radical (unpaired) electrons. The van der Waals surface area contributed by atoms with E-state index in [1.54, 1.807) is 82.2 Å². The lowest BCUT2D eigenvalue weighted by Gasteiger charge is -2.41. The van der Waals surface area contributed by atoms with Gasteiger partial charge in [-0.3, -0.25) is 43.2 Å². The van der Waals surface area contributed by atoms with Crippen LogP contribution in [0, 0.1) is 17.8 Å². The number of carboxylic acid groups (broad SMARTS) is 1. The van der Waals surface area contributed by atoms with Gasteiger partial charge in [0.05, 0.1) is 30.4 Å². The van der Waals surface area contributed by atoms with Crippen molar-refractivity contribution in [2.75, 3.05) is 19.6 Å². The monoisotopic (exact) mass is 2120 g/mol. The van der Waals surface area contributed by atoms with Gasteiger partial charge in [0.1, 0.15) is 53.3 Å². The van der Waals surface area contributed by atoms with Crippen molar-refractivity contribution in [2.24, 2.45) is 23.5 Å². The van der Waals surface area contributed by atoms with Gasteiger partial charge in [-0.25, -0.2) is 38.4 Å². The zero-order valence-corrected chi connectivity index (χ0v) is 90.6. The minimum Gasteiger partial charge on any atom is -0.480 e. The molecule has 149 heavy (non-hydrogen) atoms. The van der Waals surface area contributed by atoms with Gasteiger partial charge in [-0.2, -0.15) is 0 Å². The van der Waals surface area contributed by atoms with Gasteiger partial charge < -0.3 is 133 Å². The van der Waals surface area contributed by atoms with E-state index < -0.39 is 293 Å². The molecule has 0 aromatic heterocycles. The number of carboxylic acids is 1. The first-order valence-electron chi connectivity index (χ1n) is 50.7. The highest BCUT2D eigenvalue weighted by atomic mass is 16.7. The fraction of sp³-hybridized carbons (Fsp3) is 0.724. The molecular formula is C105H157N3O41. The van der Waals surface area contributed by atoms with E-state index in [0.29, 0.717) is 24.8 Å². The molecule has 3 heterocycles. The predicted octanol–water partition coefficient (Wildman–Crippen LogP) is 8.52. The number of nitrogens with two attached hydrogens (primary N) is 1. The van der Waals surface area contributed by atoms with Gasteiger partial charge in [-0.15, -0.1) is 0 Å². The van der Waals surface area contributed by atoms with E-state index in [1.165, 1.54) is 66.7 Å². The number of esters is 14. The smallest absolute Gasteiger partial charge is 0.408 e. The van der Waals surface area contributed by atoms with Gasteiger partial charge in [0, 0.05) is 76.0 Å². The number of aliphatic carboxylic acids is 1. The quantitative estimate of drug-likeness (QED) is 0.00912. The van der Waals surface area contributed by atoms with E-state index in [1.807, 2.05) is 0 Å². The maximum atomic E-state index is 13.4. The summed E-state index contributed by atoms with van der Waals surface area (Å²) in [6.07, 6.45) is -1.89. The normalized spacial score (nSPS) is 32.1. The molecule has 44 heteroatoms. The van der Waals surface area contributed by atoms with Crippen LogP contribution in [0.5, 0.6) is 0 Å². The maximum absolute atomic E-state index is 13.4. The van der Waals surface area contributed by atoms with Gasteiger partial charge in [-0.1, -0.05) is 116 Å². The van der Waals surface area contributed by atoms with Crippen LogP contribution in [0.15, 0.2) is 68.9 Å². The van der Waals surface area contributed by atoms with Crippen LogP contribution in [-0.4, -0.2) is 297 Å². The molecular weight excluding hydrogens is 1960 g/mol. The van der Waals surface area contributed by atoms with Gasteiger partial charge in [0.2, 0.25) is 0 Å². The second-order valence-corrected chi connectivity index (χ2v) is 42.3. The third-order valence-corrected chi connectivity index (χ3v) is 28.2. The molecule has 0 aromatic rings. The topological polar surface area (TPSA) is 650 Å². The average molecular weight is 2120 g/mol. The van der Waals surface area contributed by atoms with Crippen LogP contribution >= 0.6 is 0 Å². The van der Waals surface area contributed by atoms with Crippen LogP contribution in [-0.2, 0) is 148 Å². The van der Waals surface area contributed by atoms with E-state index >= 15 is 0 Å². The van der Waals surface area contributed by atoms with Crippen molar-refractivity contribution in [3.8, 4) is 0 Å². The number of hydrogen-bond acceptors (Lipinski definition) is 41.